The number of amides is 1. The summed E-state index contributed by atoms with van der Waals surface area (Å²) in [5.74, 6) is -1.24. The van der Waals surface area contributed by atoms with E-state index in [4.69, 9.17) is 21.2 Å². The van der Waals surface area contributed by atoms with E-state index in [0.29, 0.717) is 6.42 Å². The molecule has 94 valence electrons. The number of hydrogen-bond donors (Lipinski definition) is 4. The molecule has 7 heteroatoms. The van der Waals surface area contributed by atoms with Crippen LogP contribution in [-0.2, 0) is 4.79 Å². The Morgan fingerprint density at radius 1 is 1.38 bits per heavy atom. The quantitative estimate of drug-likeness (QED) is 0.186. The summed E-state index contributed by atoms with van der Waals surface area (Å²) in [6.07, 6.45) is 0.391. The van der Waals surface area contributed by atoms with Crippen LogP contribution in [0, 0.1) is 5.92 Å². The molecule has 1 atom stereocenters. The van der Waals surface area contributed by atoms with E-state index in [2.05, 4.69) is 5.16 Å². The Balaban J connectivity index is 4.67. The Morgan fingerprint density at radius 2 is 1.88 bits per heavy atom. The summed E-state index contributed by atoms with van der Waals surface area (Å²) in [6.45, 7) is 1.58. The standard InChI is InChI=1S/C9H19N3O4/c1-2-7(8(10)11-16)9(15)12(3-5-13)4-6-14/h7,13-14,16H,2-6H2,1H3,(H2,10,11). The van der Waals surface area contributed by atoms with E-state index in [1.807, 2.05) is 0 Å². The summed E-state index contributed by atoms with van der Waals surface area (Å²) in [4.78, 5) is 13.2. The Bertz CT molecular complexity index is 239. The van der Waals surface area contributed by atoms with Gasteiger partial charge >= 0.3 is 0 Å². The molecule has 0 saturated heterocycles. The van der Waals surface area contributed by atoms with Gasteiger partial charge in [-0.1, -0.05) is 12.1 Å². The molecule has 5 N–H and O–H groups in total. The van der Waals surface area contributed by atoms with E-state index in [1.165, 1.54) is 4.90 Å². The van der Waals surface area contributed by atoms with Crippen LogP contribution in [0.3, 0.4) is 0 Å². The lowest BCUT2D eigenvalue weighted by atomic mass is 10.0. The first kappa shape index (κ1) is 14.7. The van der Waals surface area contributed by atoms with Crippen LogP contribution in [0.5, 0.6) is 0 Å². The highest BCUT2D eigenvalue weighted by Gasteiger charge is 2.25. The van der Waals surface area contributed by atoms with Crippen LogP contribution < -0.4 is 5.73 Å². The maximum Gasteiger partial charge on any atom is 0.233 e. The summed E-state index contributed by atoms with van der Waals surface area (Å²) < 4.78 is 0. The first-order valence-corrected chi connectivity index (χ1v) is 5.10. The van der Waals surface area contributed by atoms with E-state index in [0.717, 1.165) is 0 Å². The monoisotopic (exact) mass is 233 g/mol. The summed E-state index contributed by atoms with van der Waals surface area (Å²) >= 11 is 0. The summed E-state index contributed by atoms with van der Waals surface area (Å²) in [7, 11) is 0. The van der Waals surface area contributed by atoms with Crippen molar-refractivity contribution in [3.05, 3.63) is 0 Å². The highest BCUT2D eigenvalue weighted by Crippen LogP contribution is 2.08. The second kappa shape index (κ2) is 7.89. The first-order chi connectivity index (χ1) is 7.62. The third-order valence-corrected chi connectivity index (χ3v) is 2.23. The van der Waals surface area contributed by atoms with Gasteiger partial charge in [0.25, 0.3) is 0 Å². The van der Waals surface area contributed by atoms with Crippen LogP contribution >= 0.6 is 0 Å². The third kappa shape index (κ3) is 4.03. The lowest BCUT2D eigenvalue weighted by Gasteiger charge is -2.24. The molecular weight excluding hydrogens is 214 g/mol. The number of aliphatic hydroxyl groups excluding tert-OH is 2. The van der Waals surface area contributed by atoms with Gasteiger partial charge in [0.2, 0.25) is 5.91 Å². The van der Waals surface area contributed by atoms with Gasteiger partial charge in [0.1, 0.15) is 0 Å². The topological polar surface area (TPSA) is 119 Å². The zero-order valence-electron chi connectivity index (χ0n) is 9.33. The summed E-state index contributed by atoms with van der Waals surface area (Å²) in [5.41, 5.74) is 5.39. The van der Waals surface area contributed by atoms with E-state index >= 15 is 0 Å². The molecule has 0 aromatic carbocycles. The summed E-state index contributed by atoms with van der Waals surface area (Å²) in [6, 6.07) is 0. The molecule has 0 aliphatic carbocycles. The number of nitrogens with zero attached hydrogens (tertiary/aromatic N) is 2. The van der Waals surface area contributed by atoms with Crippen molar-refractivity contribution in [3.63, 3.8) is 0 Å². The Morgan fingerprint density at radius 3 is 2.19 bits per heavy atom. The van der Waals surface area contributed by atoms with Crippen LogP contribution in [0.1, 0.15) is 13.3 Å². The fourth-order valence-corrected chi connectivity index (χ4v) is 1.37. The van der Waals surface area contributed by atoms with Crippen molar-refractivity contribution in [1.82, 2.24) is 4.90 Å². The highest BCUT2D eigenvalue weighted by molar-refractivity contribution is 6.02. The normalized spacial score (nSPS) is 13.6. The molecule has 1 unspecified atom stereocenters. The predicted molar refractivity (Wildman–Crippen MR) is 57.9 cm³/mol. The molecule has 0 aliphatic heterocycles. The number of amidine groups is 1. The SMILES string of the molecule is CCC(C(=O)N(CCO)CCO)C(N)=NO. The van der Waals surface area contributed by atoms with E-state index in [-0.39, 0.29) is 38.0 Å². The molecule has 0 spiro atoms. The Labute approximate surface area is 94.2 Å². The third-order valence-electron chi connectivity index (χ3n) is 2.23. The van der Waals surface area contributed by atoms with Gasteiger partial charge in [0.15, 0.2) is 5.84 Å². The summed E-state index contributed by atoms with van der Waals surface area (Å²) in [5, 5.41) is 28.9. The van der Waals surface area contributed by atoms with Gasteiger partial charge in [0, 0.05) is 13.1 Å². The van der Waals surface area contributed by atoms with Crippen LogP contribution in [0.25, 0.3) is 0 Å². The lowest BCUT2D eigenvalue weighted by Crippen LogP contribution is -2.44. The molecule has 0 aromatic rings. The zero-order chi connectivity index (χ0) is 12.6. The molecule has 0 fully saturated rings. The number of carbonyl (C=O) groups is 1. The maximum absolute atomic E-state index is 11.9. The number of nitrogens with two attached hydrogens (primary N) is 1. The molecular formula is C9H19N3O4. The lowest BCUT2D eigenvalue weighted by molar-refractivity contribution is -0.134. The fraction of sp³-hybridized carbons (Fsp3) is 0.778. The highest BCUT2D eigenvalue weighted by atomic mass is 16.4. The van der Waals surface area contributed by atoms with Gasteiger partial charge in [-0.25, -0.2) is 0 Å². The Hall–Kier alpha value is -1.34. The van der Waals surface area contributed by atoms with Gasteiger partial charge in [-0.3, -0.25) is 4.79 Å². The molecule has 16 heavy (non-hydrogen) atoms. The smallest absolute Gasteiger partial charge is 0.233 e. The average molecular weight is 233 g/mol. The number of aliphatic hydroxyl groups is 2. The maximum atomic E-state index is 11.9. The molecule has 0 rings (SSSR count). The predicted octanol–water partition coefficient (Wildman–Crippen LogP) is -1.43. The van der Waals surface area contributed by atoms with Gasteiger partial charge in [-0.05, 0) is 6.42 Å². The van der Waals surface area contributed by atoms with Crippen LogP contribution in [0.4, 0.5) is 0 Å². The molecule has 0 saturated carbocycles. The van der Waals surface area contributed by atoms with Crippen LogP contribution in [0.2, 0.25) is 0 Å². The number of rotatable bonds is 7. The minimum Gasteiger partial charge on any atom is -0.409 e. The molecule has 0 bridgehead atoms. The van der Waals surface area contributed by atoms with Crippen molar-refractivity contribution in [2.75, 3.05) is 26.3 Å². The molecule has 7 nitrogen and oxygen atoms in total. The minimum atomic E-state index is -0.719. The van der Waals surface area contributed by atoms with Crippen molar-refractivity contribution in [1.29, 1.82) is 0 Å². The zero-order valence-corrected chi connectivity index (χ0v) is 9.33. The van der Waals surface area contributed by atoms with Crippen molar-refractivity contribution >= 4 is 11.7 Å². The molecule has 1 amide bonds. The molecule has 0 aliphatic rings. The van der Waals surface area contributed by atoms with E-state index < -0.39 is 5.92 Å². The average Bonchev–Trinajstić information content (AvgIpc) is 2.29. The largest absolute Gasteiger partial charge is 0.409 e. The number of hydrogen-bond acceptors (Lipinski definition) is 5. The van der Waals surface area contributed by atoms with Crippen LogP contribution in [0.15, 0.2) is 5.16 Å². The second-order valence-electron chi connectivity index (χ2n) is 3.26. The van der Waals surface area contributed by atoms with Gasteiger partial charge in [-0.2, -0.15) is 0 Å². The van der Waals surface area contributed by atoms with E-state index in [9.17, 15) is 4.79 Å². The van der Waals surface area contributed by atoms with E-state index in [1.54, 1.807) is 6.92 Å². The fourth-order valence-electron chi connectivity index (χ4n) is 1.37. The minimum absolute atomic E-state index is 0.120. The molecule has 0 heterocycles. The van der Waals surface area contributed by atoms with Gasteiger partial charge in [0.05, 0.1) is 19.1 Å². The number of carbonyl (C=O) groups excluding carboxylic acids is 1. The van der Waals surface area contributed by atoms with Crippen LogP contribution in [-0.4, -0.2) is 58.4 Å². The second-order valence-corrected chi connectivity index (χ2v) is 3.26. The molecule has 0 radical (unpaired) electrons. The number of oxime groups is 1. The van der Waals surface area contributed by atoms with Crippen molar-refractivity contribution in [2.45, 2.75) is 13.3 Å². The van der Waals surface area contributed by atoms with Crippen molar-refractivity contribution in [2.24, 2.45) is 16.8 Å². The molecule has 0 aromatic heterocycles. The van der Waals surface area contributed by atoms with Crippen molar-refractivity contribution in [3.8, 4) is 0 Å². The first-order valence-electron chi connectivity index (χ1n) is 5.10. The van der Waals surface area contributed by atoms with Gasteiger partial charge in [-0.15, -0.1) is 0 Å². The van der Waals surface area contributed by atoms with Crippen molar-refractivity contribution < 1.29 is 20.2 Å². The van der Waals surface area contributed by atoms with Gasteiger partial charge < -0.3 is 26.1 Å². The Kier molecular flexibility index (Phi) is 7.23.